The van der Waals surface area contributed by atoms with Crippen LogP contribution in [-0.4, -0.2) is 44.2 Å². The van der Waals surface area contributed by atoms with Crippen LogP contribution in [0.15, 0.2) is 24.3 Å². The van der Waals surface area contributed by atoms with Gasteiger partial charge in [0.25, 0.3) is 0 Å². The Kier molecular flexibility index (Phi) is 4.83. The maximum Gasteiger partial charge on any atom is 0.119 e. The minimum Gasteiger partial charge on any atom is -0.494 e. The van der Waals surface area contributed by atoms with Crippen LogP contribution in [0.25, 0.3) is 0 Å². The van der Waals surface area contributed by atoms with E-state index in [4.69, 9.17) is 4.74 Å². The molecule has 0 aromatic heterocycles. The Bertz CT molecular complexity index is 335. The largest absolute Gasteiger partial charge is 0.494 e. The molecule has 1 N–H and O–H groups in total. The highest BCUT2D eigenvalue weighted by atomic mass is 16.5. The van der Waals surface area contributed by atoms with Crippen molar-refractivity contribution in [3.8, 4) is 5.75 Å². The molecule has 1 fully saturated rings. The number of hydrogen-bond donors (Lipinski definition) is 1. The summed E-state index contributed by atoms with van der Waals surface area (Å²) in [4.78, 5) is 2.52. The van der Waals surface area contributed by atoms with Gasteiger partial charge in [-0.05, 0) is 31.0 Å². The number of ether oxygens (including phenoxy) is 1. The maximum absolute atomic E-state index is 5.51. The van der Waals surface area contributed by atoms with Crippen LogP contribution >= 0.6 is 0 Å². The number of nitrogens with one attached hydrogen (secondary N) is 1. The van der Waals surface area contributed by atoms with Gasteiger partial charge in [-0.25, -0.2) is 0 Å². The monoisotopic (exact) mass is 234 g/mol. The molecule has 1 heterocycles. The van der Waals surface area contributed by atoms with Crippen molar-refractivity contribution in [2.24, 2.45) is 0 Å². The predicted octanol–water partition coefficient (Wildman–Crippen LogP) is 1.53. The van der Waals surface area contributed by atoms with E-state index in [-0.39, 0.29) is 0 Å². The molecular formula is C14H22N2O. The van der Waals surface area contributed by atoms with E-state index in [0.717, 1.165) is 38.4 Å². The van der Waals surface area contributed by atoms with Gasteiger partial charge in [-0.1, -0.05) is 12.1 Å². The zero-order valence-electron chi connectivity index (χ0n) is 10.6. The average Bonchev–Trinajstić information content (AvgIpc) is 2.39. The van der Waals surface area contributed by atoms with Crippen molar-refractivity contribution in [1.82, 2.24) is 10.2 Å². The minimum absolute atomic E-state index is 0.737. The summed E-state index contributed by atoms with van der Waals surface area (Å²) >= 11 is 0. The number of benzene rings is 1. The van der Waals surface area contributed by atoms with Gasteiger partial charge in [0.05, 0.1) is 6.61 Å². The second-order valence-corrected chi connectivity index (χ2v) is 4.42. The lowest BCUT2D eigenvalue weighted by Gasteiger charge is -2.27. The van der Waals surface area contributed by atoms with E-state index in [1.54, 1.807) is 0 Å². The van der Waals surface area contributed by atoms with Gasteiger partial charge in [0.1, 0.15) is 5.75 Å². The molecule has 1 aliphatic heterocycles. The van der Waals surface area contributed by atoms with Gasteiger partial charge in [0, 0.05) is 32.7 Å². The number of hydrogen-bond acceptors (Lipinski definition) is 3. The Labute approximate surface area is 104 Å². The topological polar surface area (TPSA) is 24.5 Å². The highest BCUT2D eigenvalue weighted by Gasteiger charge is 2.08. The summed E-state index contributed by atoms with van der Waals surface area (Å²) in [7, 11) is 0. The third-order valence-corrected chi connectivity index (χ3v) is 3.14. The zero-order valence-corrected chi connectivity index (χ0v) is 10.6. The lowest BCUT2D eigenvalue weighted by Crippen LogP contribution is -2.44. The van der Waals surface area contributed by atoms with Gasteiger partial charge in [0.15, 0.2) is 0 Å². The van der Waals surface area contributed by atoms with Crippen molar-refractivity contribution >= 4 is 0 Å². The van der Waals surface area contributed by atoms with Crippen molar-refractivity contribution in [2.75, 3.05) is 39.3 Å². The Morgan fingerprint density at radius 1 is 1.29 bits per heavy atom. The van der Waals surface area contributed by atoms with Crippen molar-refractivity contribution in [3.63, 3.8) is 0 Å². The van der Waals surface area contributed by atoms with E-state index in [0.29, 0.717) is 0 Å². The van der Waals surface area contributed by atoms with Crippen LogP contribution in [0.4, 0.5) is 0 Å². The first-order valence-corrected chi connectivity index (χ1v) is 6.53. The lowest BCUT2D eigenvalue weighted by atomic mass is 10.1. The first kappa shape index (κ1) is 12.4. The summed E-state index contributed by atoms with van der Waals surface area (Å²) in [5.41, 5.74) is 1.37. The molecular weight excluding hydrogens is 212 g/mol. The molecule has 0 unspecified atom stereocenters. The summed E-state index contributed by atoms with van der Waals surface area (Å²) in [5, 5.41) is 3.38. The zero-order chi connectivity index (χ0) is 11.9. The standard InChI is InChI=1S/C14H22N2O/c1-2-17-14-5-3-4-13(12-14)6-9-16-10-7-15-8-11-16/h3-5,12,15H,2,6-11H2,1H3. The van der Waals surface area contributed by atoms with Gasteiger partial charge in [0.2, 0.25) is 0 Å². The fraction of sp³-hybridized carbons (Fsp3) is 0.571. The molecule has 17 heavy (non-hydrogen) atoms. The fourth-order valence-corrected chi connectivity index (χ4v) is 2.18. The van der Waals surface area contributed by atoms with Gasteiger partial charge < -0.3 is 15.0 Å². The third-order valence-electron chi connectivity index (χ3n) is 3.14. The van der Waals surface area contributed by atoms with Gasteiger partial charge in [-0.3, -0.25) is 0 Å². The van der Waals surface area contributed by atoms with Crippen LogP contribution in [0.5, 0.6) is 5.75 Å². The molecule has 0 aliphatic carbocycles. The number of nitrogens with zero attached hydrogens (tertiary/aromatic N) is 1. The summed E-state index contributed by atoms with van der Waals surface area (Å²) in [6.45, 7) is 8.50. The molecule has 0 saturated carbocycles. The summed E-state index contributed by atoms with van der Waals surface area (Å²) < 4.78 is 5.51. The van der Waals surface area contributed by atoms with Crippen molar-refractivity contribution in [3.05, 3.63) is 29.8 Å². The highest BCUT2D eigenvalue weighted by molar-refractivity contribution is 5.28. The van der Waals surface area contributed by atoms with E-state index in [1.807, 2.05) is 13.0 Å². The summed E-state index contributed by atoms with van der Waals surface area (Å²) in [5.74, 6) is 0.991. The Hall–Kier alpha value is -1.06. The molecule has 1 aliphatic rings. The van der Waals surface area contributed by atoms with Gasteiger partial charge in [-0.15, -0.1) is 0 Å². The molecule has 1 saturated heterocycles. The van der Waals surface area contributed by atoms with Crippen molar-refractivity contribution in [2.45, 2.75) is 13.3 Å². The summed E-state index contributed by atoms with van der Waals surface area (Å²) in [6.07, 6.45) is 1.11. The van der Waals surface area contributed by atoms with Crippen LogP contribution < -0.4 is 10.1 Å². The minimum atomic E-state index is 0.737. The van der Waals surface area contributed by atoms with Gasteiger partial charge >= 0.3 is 0 Å². The van der Waals surface area contributed by atoms with E-state index in [9.17, 15) is 0 Å². The Balaban J connectivity index is 1.83. The Morgan fingerprint density at radius 2 is 2.12 bits per heavy atom. The van der Waals surface area contributed by atoms with E-state index < -0.39 is 0 Å². The van der Waals surface area contributed by atoms with Crippen LogP contribution in [0.3, 0.4) is 0 Å². The van der Waals surface area contributed by atoms with E-state index >= 15 is 0 Å². The van der Waals surface area contributed by atoms with Gasteiger partial charge in [-0.2, -0.15) is 0 Å². The van der Waals surface area contributed by atoms with Crippen LogP contribution in [0.1, 0.15) is 12.5 Å². The molecule has 94 valence electrons. The summed E-state index contributed by atoms with van der Waals surface area (Å²) in [6, 6.07) is 8.45. The van der Waals surface area contributed by atoms with Crippen molar-refractivity contribution in [1.29, 1.82) is 0 Å². The molecule has 3 nitrogen and oxygen atoms in total. The molecule has 0 amide bonds. The SMILES string of the molecule is CCOc1cccc(CCN2CCNCC2)c1. The molecule has 3 heteroatoms. The first-order valence-electron chi connectivity index (χ1n) is 6.53. The Morgan fingerprint density at radius 3 is 2.88 bits per heavy atom. The molecule has 0 radical (unpaired) electrons. The smallest absolute Gasteiger partial charge is 0.119 e. The number of piperazine rings is 1. The second-order valence-electron chi connectivity index (χ2n) is 4.42. The fourth-order valence-electron chi connectivity index (χ4n) is 2.18. The van der Waals surface area contributed by atoms with Crippen molar-refractivity contribution < 1.29 is 4.74 Å². The average molecular weight is 234 g/mol. The maximum atomic E-state index is 5.51. The predicted molar refractivity (Wildman–Crippen MR) is 70.6 cm³/mol. The molecule has 1 aromatic carbocycles. The second kappa shape index (κ2) is 6.62. The molecule has 0 spiro atoms. The third kappa shape index (κ3) is 4.02. The van der Waals surface area contributed by atoms with Crippen LogP contribution in [0.2, 0.25) is 0 Å². The molecule has 0 atom stereocenters. The quantitative estimate of drug-likeness (QED) is 0.836. The van der Waals surface area contributed by atoms with E-state index in [1.165, 1.54) is 18.7 Å². The number of rotatable bonds is 5. The molecule has 0 bridgehead atoms. The van der Waals surface area contributed by atoms with Crippen LogP contribution in [0, 0.1) is 0 Å². The normalized spacial score (nSPS) is 17.0. The van der Waals surface area contributed by atoms with Crippen LogP contribution in [-0.2, 0) is 6.42 Å². The first-order chi connectivity index (χ1) is 8.38. The van der Waals surface area contributed by atoms with E-state index in [2.05, 4.69) is 28.4 Å². The molecule has 1 aromatic rings. The lowest BCUT2D eigenvalue weighted by molar-refractivity contribution is 0.244. The molecule has 2 rings (SSSR count). The highest BCUT2D eigenvalue weighted by Crippen LogP contribution is 2.14.